The zero-order valence-corrected chi connectivity index (χ0v) is 17.2. The average molecular weight is 423 g/mol. The fraction of sp³-hybridized carbons (Fsp3) is 0.261. The second-order valence-electron chi connectivity index (χ2n) is 7.41. The van der Waals surface area contributed by atoms with Crippen LogP contribution in [0.2, 0.25) is 0 Å². The molecule has 31 heavy (non-hydrogen) atoms. The SMILES string of the molecule is CN(C)C(=O)[C@H]1CN(C(=O)CCc2ncc(-c3ccccc3F)o2)c2ccccc2O1. The molecular weight excluding hydrogens is 401 g/mol. The van der Waals surface area contributed by atoms with Crippen molar-refractivity contribution in [3.8, 4) is 17.1 Å². The monoisotopic (exact) mass is 423 g/mol. The number of oxazole rings is 1. The van der Waals surface area contributed by atoms with E-state index in [-0.39, 0.29) is 31.2 Å². The molecule has 7 nitrogen and oxygen atoms in total. The average Bonchev–Trinajstić information content (AvgIpc) is 3.25. The van der Waals surface area contributed by atoms with Crippen molar-refractivity contribution in [2.24, 2.45) is 0 Å². The number of aromatic nitrogens is 1. The first-order chi connectivity index (χ1) is 14.9. The van der Waals surface area contributed by atoms with Gasteiger partial charge >= 0.3 is 0 Å². The van der Waals surface area contributed by atoms with Gasteiger partial charge in [-0.2, -0.15) is 0 Å². The summed E-state index contributed by atoms with van der Waals surface area (Å²) in [4.78, 5) is 32.6. The summed E-state index contributed by atoms with van der Waals surface area (Å²) in [5, 5.41) is 0. The fourth-order valence-corrected chi connectivity index (χ4v) is 3.45. The number of carbonyl (C=O) groups is 2. The molecule has 2 amide bonds. The Morgan fingerprint density at radius 1 is 1.16 bits per heavy atom. The summed E-state index contributed by atoms with van der Waals surface area (Å²) in [5.74, 6) is 0.346. The molecule has 1 aliphatic rings. The van der Waals surface area contributed by atoms with E-state index in [9.17, 15) is 14.0 Å². The van der Waals surface area contributed by atoms with Gasteiger partial charge in [-0.15, -0.1) is 0 Å². The maximum absolute atomic E-state index is 13.9. The molecule has 0 radical (unpaired) electrons. The van der Waals surface area contributed by atoms with Crippen LogP contribution in [0.4, 0.5) is 10.1 Å². The van der Waals surface area contributed by atoms with E-state index < -0.39 is 11.9 Å². The van der Waals surface area contributed by atoms with Crippen molar-refractivity contribution in [1.29, 1.82) is 0 Å². The molecule has 1 aliphatic heterocycles. The summed E-state index contributed by atoms with van der Waals surface area (Å²) in [6.45, 7) is 0.124. The van der Waals surface area contributed by atoms with Crippen LogP contribution in [0.5, 0.6) is 5.75 Å². The van der Waals surface area contributed by atoms with Crippen molar-refractivity contribution >= 4 is 17.5 Å². The molecule has 0 saturated carbocycles. The zero-order chi connectivity index (χ0) is 22.0. The van der Waals surface area contributed by atoms with E-state index in [1.807, 2.05) is 6.07 Å². The van der Waals surface area contributed by atoms with Crippen LogP contribution < -0.4 is 9.64 Å². The highest BCUT2D eigenvalue weighted by molar-refractivity contribution is 5.97. The quantitative estimate of drug-likeness (QED) is 0.630. The Kier molecular flexibility index (Phi) is 5.70. The smallest absolute Gasteiger partial charge is 0.265 e. The van der Waals surface area contributed by atoms with E-state index in [2.05, 4.69) is 4.98 Å². The number of hydrogen-bond acceptors (Lipinski definition) is 5. The molecule has 0 saturated heterocycles. The third-order valence-electron chi connectivity index (χ3n) is 5.04. The van der Waals surface area contributed by atoms with Crippen molar-refractivity contribution in [3.05, 3.63) is 66.4 Å². The van der Waals surface area contributed by atoms with Gasteiger partial charge in [0, 0.05) is 26.9 Å². The van der Waals surface area contributed by atoms with E-state index in [1.54, 1.807) is 55.4 Å². The Balaban J connectivity index is 1.48. The molecule has 0 bridgehead atoms. The molecule has 0 aliphatic carbocycles. The number of fused-ring (bicyclic) bond motifs is 1. The van der Waals surface area contributed by atoms with Gasteiger partial charge in [-0.05, 0) is 24.3 Å². The summed E-state index contributed by atoms with van der Waals surface area (Å²) >= 11 is 0. The fourth-order valence-electron chi connectivity index (χ4n) is 3.45. The molecule has 0 fully saturated rings. The number of benzene rings is 2. The highest BCUT2D eigenvalue weighted by Gasteiger charge is 2.34. The number of anilines is 1. The Hall–Kier alpha value is -3.68. The number of rotatable bonds is 5. The van der Waals surface area contributed by atoms with Crippen LogP contribution in [0.25, 0.3) is 11.3 Å². The molecule has 160 valence electrons. The first kappa shape index (κ1) is 20.6. The predicted octanol–water partition coefficient (Wildman–Crippen LogP) is 3.30. The van der Waals surface area contributed by atoms with Crippen LogP contribution in [0.3, 0.4) is 0 Å². The summed E-state index contributed by atoms with van der Waals surface area (Å²) in [6.07, 6.45) is 1.05. The van der Waals surface area contributed by atoms with Gasteiger partial charge in [0.25, 0.3) is 5.91 Å². The van der Waals surface area contributed by atoms with Gasteiger partial charge in [-0.1, -0.05) is 24.3 Å². The number of para-hydroxylation sites is 2. The molecule has 2 heterocycles. The molecule has 8 heteroatoms. The van der Waals surface area contributed by atoms with E-state index in [0.29, 0.717) is 28.7 Å². The van der Waals surface area contributed by atoms with Crippen molar-refractivity contribution in [1.82, 2.24) is 9.88 Å². The number of ether oxygens (including phenoxy) is 1. The molecule has 0 unspecified atom stereocenters. The minimum absolute atomic E-state index is 0.119. The summed E-state index contributed by atoms with van der Waals surface area (Å²) < 4.78 is 25.4. The third kappa shape index (κ3) is 4.28. The highest BCUT2D eigenvalue weighted by Crippen LogP contribution is 2.34. The Bertz CT molecular complexity index is 1110. The summed E-state index contributed by atoms with van der Waals surface area (Å²) in [7, 11) is 3.29. The topological polar surface area (TPSA) is 75.9 Å². The predicted molar refractivity (Wildman–Crippen MR) is 112 cm³/mol. The number of amides is 2. The van der Waals surface area contributed by atoms with E-state index in [1.165, 1.54) is 17.2 Å². The molecule has 2 aromatic carbocycles. The number of carbonyl (C=O) groups excluding carboxylic acids is 2. The molecule has 1 aromatic heterocycles. The molecule has 4 rings (SSSR count). The van der Waals surface area contributed by atoms with Crippen molar-refractivity contribution in [3.63, 3.8) is 0 Å². The number of likely N-dealkylation sites (N-methyl/N-ethyl adjacent to an activating group) is 1. The van der Waals surface area contributed by atoms with E-state index in [4.69, 9.17) is 9.15 Å². The van der Waals surface area contributed by atoms with Crippen LogP contribution in [0, 0.1) is 5.82 Å². The lowest BCUT2D eigenvalue weighted by Gasteiger charge is -2.35. The second-order valence-corrected chi connectivity index (χ2v) is 7.41. The number of nitrogens with zero attached hydrogens (tertiary/aromatic N) is 3. The van der Waals surface area contributed by atoms with Gasteiger partial charge in [0.15, 0.2) is 17.8 Å². The maximum Gasteiger partial charge on any atom is 0.265 e. The lowest BCUT2D eigenvalue weighted by atomic mass is 10.1. The molecule has 0 N–H and O–H groups in total. The molecule has 3 aromatic rings. The van der Waals surface area contributed by atoms with Gasteiger partial charge in [0.2, 0.25) is 5.91 Å². The van der Waals surface area contributed by atoms with Gasteiger partial charge in [0.05, 0.1) is 24.0 Å². The van der Waals surface area contributed by atoms with Crippen LogP contribution >= 0.6 is 0 Å². The first-order valence-electron chi connectivity index (χ1n) is 9.91. The van der Waals surface area contributed by atoms with Crippen LogP contribution in [0.1, 0.15) is 12.3 Å². The first-order valence-corrected chi connectivity index (χ1v) is 9.91. The minimum Gasteiger partial charge on any atom is -0.476 e. The van der Waals surface area contributed by atoms with Crippen LogP contribution in [-0.4, -0.2) is 48.4 Å². The number of halogens is 1. The van der Waals surface area contributed by atoms with Crippen molar-refractivity contribution < 1.29 is 23.1 Å². The van der Waals surface area contributed by atoms with Crippen molar-refractivity contribution in [2.45, 2.75) is 18.9 Å². The lowest BCUT2D eigenvalue weighted by Crippen LogP contribution is -2.50. The van der Waals surface area contributed by atoms with Crippen LogP contribution in [0.15, 0.2) is 59.1 Å². The van der Waals surface area contributed by atoms with Crippen LogP contribution in [-0.2, 0) is 16.0 Å². The number of aryl methyl sites for hydroxylation is 1. The minimum atomic E-state index is -0.775. The van der Waals surface area contributed by atoms with E-state index >= 15 is 0 Å². The lowest BCUT2D eigenvalue weighted by molar-refractivity contribution is -0.136. The standard InChI is InChI=1S/C23H22FN3O4/c1-26(2)23(29)20-14-27(17-9-5-6-10-18(17)30-20)22(28)12-11-21-25-13-19(31-21)15-7-3-4-8-16(15)24/h3-10,13,20H,11-12,14H2,1-2H3/t20-/m1/s1. The van der Waals surface area contributed by atoms with Crippen molar-refractivity contribution in [2.75, 3.05) is 25.5 Å². The Morgan fingerprint density at radius 3 is 2.68 bits per heavy atom. The zero-order valence-electron chi connectivity index (χ0n) is 17.2. The summed E-state index contributed by atoms with van der Waals surface area (Å²) in [6, 6.07) is 13.4. The van der Waals surface area contributed by atoms with Gasteiger partial charge < -0.3 is 19.0 Å². The highest BCUT2D eigenvalue weighted by atomic mass is 19.1. The second kappa shape index (κ2) is 8.59. The molecule has 0 spiro atoms. The largest absolute Gasteiger partial charge is 0.476 e. The third-order valence-corrected chi connectivity index (χ3v) is 5.04. The summed E-state index contributed by atoms with van der Waals surface area (Å²) in [5.41, 5.74) is 0.939. The Morgan fingerprint density at radius 2 is 1.90 bits per heavy atom. The van der Waals surface area contributed by atoms with E-state index in [0.717, 1.165) is 0 Å². The molecule has 1 atom stereocenters. The normalized spacial score (nSPS) is 15.2. The van der Waals surface area contributed by atoms with Gasteiger partial charge in [-0.3, -0.25) is 9.59 Å². The number of hydrogen-bond donors (Lipinski definition) is 0. The Labute approximate surface area is 179 Å². The van der Waals surface area contributed by atoms with Gasteiger partial charge in [0.1, 0.15) is 11.6 Å². The maximum atomic E-state index is 13.9. The van der Waals surface area contributed by atoms with Gasteiger partial charge in [-0.25, -0.2) is 9.37 Å². The molecular formula is C23H22FN3O4.